The minimum Gasteiger partial charge on any atom is -0.271 e. The molecule has 0 fully saturated rings. The first-order valence-electron chi connectivity index (χ1n) is 4.76. The molecule has 1 aromatic carbocycles. The molecule has 0 amide bonds. The zero-order valence-electron chi connectivity index (χ0n) is 8.70. The lowest BCUT2D eigenvalue weighted by Gasteiger charge is -2.24. The Morgan fingerprint density at radius 3 is 2.87 bits per heavy atom. The largest absolute Gasteiger partial charge is 0.271 e. The van der Waals surface area contributed by atoms with Crippen LogP contribution in [0.4, 0.5) is 4.39 Å². The van der Waals surface area contributed by atoms with Crippen LogP contribution in [-0.4, -0.2) is 5.55 Å². The Kier molecular flexibility index (Phi) is 2.65. The Bertz CT molecular complexity index is 425. The van der Waals surface area contributed by atoms with Crippen LogP contribution >= 0.6 is 11.8 Å². The van der Waals surface area contributed by atoms with Crippen molar-refractivity contribution in [1.29, 1.82) is 0 Å². The van der Waals surface area contributed by atoms with Crippen molar-refractivity contribution in [1.82, 2.24) is 0 Å². The molecule has 0 unspecified atom stereocenters. The maximum Gasteiger partial charge on any atom is 0.132 e. The second-order valence-electron chi connectivity index (χ2n) is 3.76. The highest BCUT2D eigenvalue weighted by Crippen LogP contribution is 2.33. The molecule has 0 radical (unpaired) electrons. The van der Waals surface area contributed by atoms with E-state index in [-0.39, 0.29) is 5.82 Å². The molecular formula is C12H12FNS. The lowest BCUT2D eigenvalue weighted by atomic mass is 9.91. The van der Waals surface area contributed by atoms with E-state index in [4.69, 9.17) is 0 Å². The molecule has 0 saturated heterocycles. The number of halogens is 1. The van der Waals surface area contributed by atoms with E-state index in [9.17, 15) is 4.39 Å². The molecule has 2 rings (SSSR count). The zero-order valence-corrected chi connectivity index (χ0v) is 9.51. The van der Waals surface area contributed by atoms with Crippen LogP contribution in [0.15, 0.2) is 34.7 Å². The van der Waals surface area contributed by atoms with Crippen molar-refractivity contribution in [2.75, 3.05) is 0 Å². The first-order valence-corrected chi connectivity index (χ1v) is 5.70. The maximum atomic E-state index is 13.9. The average molecular weight is 221 g/mol. The topological polar surface area (TPSA) is 12.4 Å². The van der Waals surface area contributed by atoms with Gasteiger partial charge in [0.2, 0.25) is 0 Å². The van der Waals surface area contributed by atoms with Crippen LogP contribution in [0.1, 0.15) is 18.1 Å². The summed E-state index contributed by atoms with van der Waals surface area (Å²) in [6.45, 7) is 3.69. The van der Waals surface area contributed by atoms with E-state index in [0.29, 0.717) is 11.1 Å². The number of nitrogens with zero attached hydrogens (tertiary/aromatic N) is 1. The molecule has 1 heterocycles. The fourth-order valence-electron chi connectivity index (χ4n) is 1.59. The van der Waals surface area contributed by atoms with Crippen molar-refractivity contribution in [2.45, 2.75) is 19.4 Å². The number of aryl methyl sites for hydroxylation is 1. The van der Waals surface area contributed by atoms with Crippen LogP contribution in [0.3, 0.4) is 0 Å². The van der Waals surface area contributed by atoms with Crippen LogP contribution in [0.2, 0.25) is 0 Å². The lowest BCUT2D eigenvalue weighted by Crippen LogP contribution is -2.19. The van der Waals surface area contributed by atoms with Gasteiger partial charge in [-0.3, -0.25) is 4.99 Å². The fourth-order valence-corrected chi connectivity index (χ4v) is 2.28. The summed E-state index contributed by atoms with van der Waals surface area (Å²) in [7, 11) is 0. The normalized spacial score (nSPS) is 24.5. The predicted octanol–water partition coefficient (Wildman–Crippen LogP) is 3.64. The summed E-state index contributed by atoms with van der Waals surface area (Å²) in [5, 5.41) is 1.94. The highest BCUT2D eigenvalue weighted by atomic mass is 32.2. The smallest absolute Gasteiger partial charge is 0.132 e. The van der Waals surface area contributed by atoms with Gasteiger partial charge >= 0.3 is 0 Å². The standard InChI is InChI=1S/C12H12FNS/c1-9-4-3-5-10(11(9)13)12(2)6-7-15-8-14-12/h3-8H,1-2H3/t12-/m0/s1. The first kappa shape index (κ1) is 10.4. The molecule has 0 aromatic heterocycles. The highest BCUT2D eigenvalue weighted by molar-refractivity contribution is 8.14. The minimum atomic E-state index is -0.554. The van der Waals surface area contributed by atoms with Gasteiger partial charge in [0.15, 0.2) is 0 Å². The third-order valence-electron chi connectivity index (χ3n) is 2.59. The van der Waals surface area contributed by atoms with E-state index < -0.39 is 5.54 Å². The van der Waals surface area contributed by atoms with Gasteiger partial charge in [-0.25, -0.2) is 4.39 Å². The van der Waals surface area contributed by atoms with Gasteiger partial charge < -0.3 is 0 Å². The Morgan fingerprint density at radius 2 is 2.20 bits per heavy atom. The van der Waals surface area contributed by atoms with Gasteiger partial charge in [-0.15, -0.1) is 0 Å². The molecule has 0 N–H and O–H groups in total. The van der Waals surface area contributed by atoms with Crippen LogP contribution < -0.4 is 0 Å². The van der Waals surface area contributed by atoms with Gasteiger partial charge in [-0.2, -0.15) is 0 Å². The monoisotopic (exact) mass is 221 g/mol. The van der Waals surface area contributed by atoms with E-state index in [1.165, 1.54) is 11.8 Å². The Balaban J connectivity index is 2.53. The molecular weight excluding hydrogens is 209 g/mol. The van der Waals surface area contributed by atoms with Crippen LogP contribution in [0.25, 0.3) is 0 Å². The van der Waals surface area contributed by atoms with E-state index in [0.717, 1.165) is 0 Å². The maximum absolute atomic E-state index is 13.9. The van der Waals surface area contributed by atoms with E-state index in [1.807, 2.05) is 24.5 Å². The summed E-state index contributed by atoms with van der Waals surface area (Å²) in [6.07, 6.45) is 1.93. The zero-order chi connectivity index (χ0) is 10.9. The van der Waals surface area contributed by atoms with Crippen LogP contribution in [-0.2, 0) is 5.54 Å². The lowest BCUT2D eigenvalue weighted by molar-refractivity contribution is 0.541. The van der Waals surface area contributed by atoms with E-state index >= 15 is 0 Å². The molecule has 1 nitrogen and oxygen atoms in total. The molecule has 0 aliphatic carbocycles. The van der Waals surface area contributed by atoms with Crippen LogP contribution in [0, 0.1) is 12.7 Å². The molecule has 3 heteroatoms. The highest BCUT2D eigenvalue weighted by Gasteiger charge is 2.27. The molecule has 1 aromatic rings. The molecule has 0 spiro atoms. The SMILES string of the molecule is Cc1cccc([C@]2(C)C=CSC=N2)c1F. The van der Waals surface area contributed by atoms with Gasteiger partial charge in [0.05, 0.1) is 5.55 Å². The number of hydrogen-bond acceptors (Lipinski definition) is 2. The van der Waals surface area contributed by atoms with Gasteiger partial charge in [-0.05, 0) is 30.9 Å². The quantitative estimate of drug-likeness (QED) is 0.705. The van der Waals surface area contributed by atoms with Crippen molar-refractivity contribution >= 4 is 17.3 Å². The Hall–Kier alpha value is -1.09. The Morgan fingerprint density at radius 1 is 1.40 bits per heavy atom. The molecule has 15 heavy (non-hydrogen) atoms. The van der Waals surface area contributed by atoms with Crippen molar-refractivity contribution in [2.24, 2.45) is 4.99 Å². The predicted molar refractivity (Wildman–Crippen MR) is 63.7 cm³/mol. The van der Waals surface area contributed by atoms with Gasteiger partial charge in [-0.1, -0.05) is 30.0 Å². The molecule has 0 bridgehead atoms. The summed E-state index contributed by atoms with van der Waals surface area (Å²) in [6, 6.07) is 5.43. The van der Waals surface area contributed by atoms with Crippen molar-refractivity contribution in [3.63, 3.8) is 0 Å². The first-order chi connectivity index (χ1) is 7.13. The summed E-state index contributed by atoms with van der Waals surface area (Å²) >= 11 is 1.51. The third kappa shape index (κ3) is 1.84. The second kappa shape index (κ2) is 3.81. The number of thioether (sulfide) groups is 1. The molecule has 1 aliphatic rings. The Labute approximate surface area is 93.1 Å². The van der Waals surface area contributed by atoms with Crippen molar-refractivity contribution in [3.05, 3.63) is 46.6 Å². The van der Waals surface area contributed by atoms with Gasteiger partial charge in [0.1, 0.15) is 11.4 Å². The fraction of sp³-hybridized carbons (Fsp3) is 0.250. The second-order valence-corrected chi connectivity index (χ2v) is 4.51. The van der Waals surface area contributed by atoms with E-state index in [1.54, 1.807) is 24.6 Å². The third-order valence-corrected chi connectivity index (χ3v) is 3.11. The molecule has 78 valence electrons. The number of benzene rings is 1. The van der Waals surface area contributed by atoms with Crippen LogP contribution in [0.5, 0.6) is 0 Å². The summed E-state index contributed by atoms with van der Waals surface area (Å²) < 4.78 is 13.9. The van der Waals surface area contributed by atoms with Crippen molar-refractivity contribution in [3.8, 4) is 0 Å². The van der Waals surface area contributed by atoms with Gasteiger partial charge in [0, 0.05) is 5.56 Å². The molecule has 0 saturated carbocycles. The summed E-state index contributed by atoms with van der Waals surface area (Å²) in [4.78, 5) is 4.34. The average Bonchev–Trinajstić information content (AvgIpc) is 2.23. The summed E-state index contributed by atoms with van der Waals surface area (Å²) in [5.74, 6) is -0.159. The minimum absolute atomic E-state index is 0.159. The number of rotatable bonds is 1. The summed E-state index contributed by atoms with van der Waals surface area (Å²) in [5.41, 5.74) is 2.49. The molecule has 1 atom stereocenters. The number of hydrogen-bond donors (Lipinski definition) is 0. The van der Waals surface area contributed by atoms with E-state index in [2.05, 4.69) is 4.99 Å². The van der Waals surface area contributed by atoms with Gasteiger partial charge in [0.25, 0.3) is 0 Å². The van der Waals surface area contributed by atoms with Crippen molar-refractivity contribution < 1.29 is 4.39 Å². The number of aliphatic imine (C=N–C) groups is 1. The molecule has 1 aliphatic heterocycles.